The Morgan fingerprint density at radius 3 is 2.44 bits per heavy atom. The molecule has 6 heteroatoms. The van der Waals surface area contributed by atoms with E-state index < -0.39 is 24.5 Å². The molecule has 0 bridgehead atoms. The van der Waals surface area contributed by atoms with Crippen LogP contribution in [0.4, 0.5) is 17.6 Å². The minimum absolute atomic E-state index is 0.107. The van der Waals surface area contributed by atoms with Gasteiger partial charge in [0.2, 0.25) is 0 Å². The number of nitrogens with two attached hydrogens (primary N) is 1. The van der Waals surface area contributed by atoms with Gasteiger partial charge in [0.05, 0.1) is 0 Å². The van der Waals surface area contributed by atoms with Crippen molar-refractivity contribution in [3.8, 4) is 5.75 Å². The first kappa shape index (κ1) is 11.2. The van der Waals surface area contributed by atoms with Crippen molar-refractivity contribution in [1.82, 2.24) is 0 Å². The van der Waals surface area contributed by atoms with Gasteiger partial charge in [-0.3, -0.25) is 0 Å². The van der Waals surface area contributed by atoms with Crippen LogP contribution in [0.5, 0.6) is 5.75 Å². The Hall–Kier alpha value is -1.30. The molecule has 1 fully saturated rings. The third-order valence-corrected chi connectivity index (χ3v) is 2.60. The summed E-state index contributed by atoms with van der Waals surface area (Å²) >= 11 is 0. The van der Waals surface area contributed by atoms with E-state index in [0.717, 1.165) is 6.07 Å². The second-order valence-electron chi connectivity index (χ2n) is 3.76. The summed E-state index contributed by atoms with van der Waals surface area (Å²) in [7, 11) is 0. The van der Waals surface area contributed by atoms with Gasteiger partial charge in [0.25, 0.3) is 5.92 Å². The maximum atomic E-state index is 12.9. The molecular formula is C10H9F4NO. The Bertz CT molecular complexity index is 410. The summed E-state index contributed by atoms with van der Waals surface area (Å²) in [4.78, 5) is 0. The Morgan fingerprint density at radius 2 is 1.94 bits per heavy atom. The summed E-state index contributed by atoms with van der Waals surface area (Å²) in [5.74, 6) is -3.14. The van der Waals surface area contributed by atoms with E-state index in [1.807, 2.05) is 0 Å². The van der Waals surface area contributed by atoms with Crippen molar-refractivity contribution in [2.24, 2.45) is 5.73 Å². The monoisotopic (exact) mass is 235 g/mol. The predicted octanol–water partition coefficient (Wildman–Crippen LogP) is 2.48. The highest BCUT2D eigenvalue weighted by atomic mass is 19.3. The van der Waals surface area contributed by atoms with E-state index in [1.165, 1.54) is 18.2 Å². The van der Waals surface area contributed by atoms with Gasteiger partial charge in [0.1, 0.15) is 11.3 Å². The van der Waals surface area contributed by atoms with Crippen molar-refractivity contribution in [2.45, 2.75) is 24.5 Å². The molecule has 2 N–H and O–H groups in total. The fourth-order valence-electron chi connectivity index (χ4n) is 1.57. The van der Waals surface area contributed by atoms with Crippen LogP contribution in [0.15, 0.2) is 24.3 Å². The first-order chi connectivity index (χ1) is 7.35. The summed E-state index contributed by atoms with van der Waals surface area (Å²) < 4.78 is 53.8. The van der Waals surface area contributed by atoms with E-state index in [4.69, 9.17) is 5.73 Å². The molecule has 1 aliphatic carbocycles. The van der Waals surface area contributed by atoms with Crippen molar-refractivity contribution in [1.29, 1.82) is 0 Å². The van der Waals surface area contributed by atoms with Gasteiger partial charge in [-0.25, -0.2) is 8.78 Å². The highest BCUT2D eigenvalue weighted by Crippen LogP contribution is 2.57. The number of rotatable bonds is 3. The van der Waals surface area contributed by atoms with Crippen LogP contribution in [0, 0.1) is 0 Å². The van der Waals surface area contributed by atoms with E-state index in [9.17, 15) is 17.6 Å². The third kappa shape index (κ3) is 1.73. The van der Waals surface area contributed by atoms with Crippen LogP contribution < -0.4 is 10.5 Å². The van der Waals surface area contributed by atoms with Crippen LogP contribution in [-0.2, 0) is 5.54 Å². The van der Waals surface area contributed by atoms with Crippen LogP contribution in [-0.4, -0.2) is 12.5 Å². The SMILES string of the molecule is NC1(c2cccc(OC(F)F)c2)CC1(F)F. The molecular weight excluding hydrogens is 226 g/mol. The smallest absolute Gasteiger partial charge is 0.387 e. The fraction of sp³-hybridized carbons (Fsp3) is 0.400. The minimum Gasteiger partial charge on any atom is -0.435 e. The molecule has 2 rings (SSSR count). The van der Waals surface area contributed by atoms with Gasteiger partial charge in [-0.1, -0.05) is 12.1 Å². The lowest BCUT2D eigenvalue weighted by Gasteiger charge is -2.12. The zero-order chi connectivity index (χ0) is 12.0. The molecule has 1 atom stereocenters. The van der Waals surface area contributed by atoms with E-state index >= 15 is 0 Å². The maximum Gasteiger partial charge on any atom is 0.387 e. The number of benzene rings is 1. The van der Waals surface area contributed by atoms with Crippen molar-refractivity contribution >= 4 is 0 Å². The first-order valence-electron chi connectivity index (χ1n) is 4.57. The van der Waals surface area contributed by atoms with Gasteiger partial charge in [0.15, 0.2) is 0 Å². The average Bonchev–Trinajstić information content (AvgIpc) is 2.67. The maximum absolute atomic E-state index is 12.9. The summed E-state index contributed by atoms with van der Waals surface area (Å²) in [5, 5.41) is 0. The standard InChI is InChI=1S/C10H9F4NO/c11-8(12)16-7-3-1-2-6(4-7)9(15)5-10(9,13)14/h1-4,8H,5,15H2. The quantitative estimate of drug-likeness (QED) is 0.817. The molecule has 0 saturated heterocycles. The molecule has 0 amide bonds. The average molecular weight is 235 g/mol. The Labute approximate surface area is 89.0 Å². The van der Waals surface area contributed by atoms with E-state index in [2.05, 4.69) is 4.74 Å². The van der Waals surface area contributed by atoms with Gasteiger partial charge in [-0.05, 0) is 17.7 Å². The summed E-state index contributed by atoms with van der Waals surface area (Å²) in [6.07, 6.45) is -0.474. The summed E-state index contributed by atoms with van der Waals surface area (Å²) in [6, 6.07) is 5.11. The molecule has 1 aromatic rings. The number of ether oxygens (including phenoxy) is 1. The summed E-state index contributed by atoms with van der Waals surface area (Å²) in [6.45, 7) is -2.98. The molecule has 0 radical (unpaired) electrons. The van der Waals surface area contributed by atoms with Crippen molar-refractivity contribution < 1.29 is 22.3 Å². The molecule has 1 aliphatic rings. The second kappa shape index (κ2) is 3.35. The highest BCUT2D eigenvalue weighted by molar-refractivity contribution is 5.40. The lowest BCUT2D eigenvalue weighted by atomic mass is 10.1. The topological polar surface area (TPSA) is 35.2 Å². The van der Waals surface area contributed by atoms with Gasteiger partial charge in [-0.2, -0.15) is 8.78 Å². The molecule has 88 valence electrons. The van der Waals surface area contributed by atoms with Gasteiger partial charge in [0, 0.05) is 6.42 Å². The Morgan fingerprint density at radius 1 is 1.31 bits per heavy atom. The molecule has 0 aromatic heterocycles. The van der Waals surface area contributed by atoms with E-state index in [-0.39, 0.29) is 11.3 Å². The van der Waals surface area contributed by atoms with E-state index in [1.54, 1.807) is 0 Å². The fourth-order valence-corrected chi connectivity index (χ4v) is 1.57. The summed E-state index contributed by atoms with van der Waals surface area (Å²) in [5.41, 5.74) is 3.82. The molecule has 0 aliphatic heterocycles. The van der Waals surface area contributed by atoms with E-state index in [0.29, 0.717) is 0 Å². The van der Waals surface area contributed by atoms with Crippen molar-refractivity contribution in [3.05, 3.63) is 29.8 Å². The molecule has 1 aromatic carbocycles. The van der Waals surface area contributed by atoms with Crippen LogP contribution in [0.1, 0.15) is 12.0 Å². The first-order valence-corrected chi connectivity index (χ1v) is 4.57. The van der Waals surface area contributed by atoms with Crippen molar-refractivity contribution in [2.75, 3.05) is 0 Å². The highest BCUT2D eigenvalue weighted by Gasteiger charge is 2.69. The lowest BCUT2D eigenvalue weighted by molar-refractivity contribution is -0.0499. The Balaban J connectivity index is 2.24. The minimum atomic E-state index is -2.98. The van der Waals surface area contributed by atoms with Gasteiger partial charge < -0.3 is 10.5 Å². The number of hydrogen-bond donors (Lipinski definition) is 1. The molecule has 0 heterocycles. The third-order valence-electron chi connectivity index (χ3n) is 2.60. The van der Waals surface area contributed by atoms with Gasteiger partial charge >= 0.3 is 6.61 Å². The largest absolute Gasteiger partial charge is 0.435 e. The molecule has 16 heavy (non-hydrogen) atoms. The van der Waals surface area contributed by atoms with Crippen LogP contribution in [0.3, 0.4) is 0 Å². The molecule has 1 unspecified atom stereocenters. The Kier molecular flexibility index (Phi) is 2.34. The normalized spacial score (nSPS) is 26.9. The number of alkyl halides is 4. The molecule has 2 nitrogen and oxygen atoms in total. The lowest BCUT2D eigenvalue weighted by Crippen LogP contribution is -2.27. The van der Waals surface area contributed by atoms with Gasteiger partial charge in [-0.15, -0.1) is 0 Å². The molecule has 0 spiro atoms. The zero-order valence-electron chi connectivity index (χ0n) is 8.09. The van der Waals surface area contributed by atoms with Crippen molar-refractivity contribution in [3.63, 3.8) is 0 Å². The molecule has 1 saturated carbocycles. The van der Waals surface area contributed by atoms with Crippen LogP contribution >= 0.6 is 0 Å². The predicted molar refractivity (Wildman–Crippen MR) is 48.5 cm³/mol. The second-order valence-corrected chi connectivity index (χ2v) is 3.76. The number of halogens is 4. The zero-order valence-corrected chi connectivity index (χ0v) is 8.09. The van der Waals surface area contributed by atoms with Crippen LogP contribution in [0.25, 0.3) is 0 Å². The van der Waals surface area contributed by atoms with Crippen LogP contribution in [0.2, 0.25) is 0 Å². The number of hydrogen-bond acceptors (Lipinski definition) is 2.